The summed E-state index contributed by atoms with van der Waals surface area (Å²) in [5, 5.41) is 0. The van der Waals surface area contributed by atoms with Crippen LogP contribution in [0.3, 0.4) is 0 Å². The molecule has 4 nitrogen and oxygen atoms in total. The summed E-state index contributed by atoms with van der Waals surface area (Å²) in [6, 6.07) is 10.6. The number of amides is 1. The molecule has 0 aromatic heterocycles. The lowest BCUT2D eigenvalue weighted by Crippen LogP contribution is -2.54. The van der Waals surface area contributed by atoms with Crippen molar-refractivity contribution in [3.05, 3.63) is 35.9 Å². The summed E-state index contributed by atoms with van der Waals surface area (Å²) >= 11 is 0. The highest BCUT2D eigenvalue weighted by Crippen LogP contribution is 2.38. The van der Waals surface area contributed by atoms with E-state index < -0.39 is 0 Å². The van der Waals surface area contributed by atoms with Gasteiger partial charge in [0.05, 0.1) is 0 Å². The summed E-state index contributed by atoms with van der Waals surface area (Å²) in [6.45, 7) is 6.58. The molecule has 2 heterocycles. The minimum absolute atomic E-state index is 0.334. The van der Waals surface area contributed by atoms with Gasteiger partial charge in [-0.3, -0.25) is 4.79 Å². The molecule has 4 heteroatoms. The van der Waals surface area contributed by atoms with Crippen molar-refractivity contribution in [2.24, 2.45) is 5.41 Å². The van der Waals surface area contributed by atoms with E-state index in [4.69, 9.17) is 0 Å². The van der Waals surface area contributed by atoms with Gasteiger partial charge in [0.2, 0.25) is 5.91 Å². The highest BCUT2D eigenvalue weighted by atomic mass is 16.2. The minimum Gasteiger partial charge on any atom is -0.342 e. The highest BCUT2D eigenvalue weighted by molar-refractivity contribution is 5.77. The monoisotopic (exact) mass is 357 g/mol. The number of piperidine rings is 2. The molecule has 2 saturated heterocycles. The molecule has 1 aromatic rings. The van der Waals surface area contributed by atoms with Crippen LogP contribution in [0.4, 0.5) is 0 Å². The second-order valence-electron chi connectivity index (χ2n) is 8.59. The van der Waals surface area contributed by atoms with E-state index in [2.05, 4.69) is 59.1 Å². The van der Waals surface area contributed by atoms with Crippen molar-refractivity contribution >= 4 is 5.91 Å². The van der Waals surface area contributed by atoms with E-state index in [1.54, 1.807) is 0 Å². The molecule has 0 radical (unpaired) electrons. The van der Waals surface area contributed by atoms with Gasteiger partial charge in [-0.2, -0.15) is 0 Å². The van der Waals surface area contributed by atoms with Crippen molar-refractivity contribution in [3.8, 4) is 0 Å². The largest absolute Gasteiger partial charge is 0.342 e. The van der Waals surface area contributed by atoms with Crippen LogP contribution < -0.4 is 0 Å². The SMILES string of the molecule is CN(C)CCCN1CCCC2(CCC(=O)N(CCc3ccccc3)C2)C1. The summed E-state index contributed by atoms with van der Waals surface area (Å²) in [4.78, 5) is 19.5. The lowest BCUT2D eigenvalue weighted by atomic mass is 9.73. The second-order valence-corrected chi connectivity index (χ2v) is 8.59. The van der Waals surface area contributed by atoms with Crippen molar-refractivity contribution in [3.63, 3.8) is 0 Å². The molecular formula is C22H35N3O. The molecule has 1 atom stereocenters. The quantitative estimate of drug-likeness (QED) is 0.751. The predicted molar refractivity (Wildman–Crippen MR) is 107 cm³/mol. The van der Waals surface area contributed by atoms with E-state index in [0.717, 1.165) is 38.9 Å². The van der Waals surface area contributed by atoms with Crippen LogP contribution in [-0.2, 0) is 11.2 Å². The summed E-state index contributed by atoms with van der Waals surface area (Å²) in [5.74, 6) is 0.358. The summed E-state index contributed by atoms with van der Waals surface area (Å²) in [6.07, 6.45) is 6.59. The Hall–Kier alpha value is -1.39. The number of benzene rings is 1. The Morgan fingerprint density at radius 3 is 2.65 bits per heavy atom. The highest BCUT2D eigenvalue weighted by Gasteiger charge is 2.41. The van der Waals surface area contributed by atoms with E-state index in [1.807, 2.05) is 0 Å². The standard InChI is InChI=1S/C22H35N3O/c1-23(2)14-7-16-24-15-6-12-22(18-24)13-10-21(26)25(19-22)17-11-20-8-4-3-5-9-20/h3-5,8-9H,6-7,10-19H2,1-2H3. The molecule has 0 aliphatic carbocycles. The van der Waals surface area contributed by atoms with Crippen molar-refractivity contribution in [1.29, 1.82) is 0 Å². The fourth-order valence-electron chi connectivity index (χ4n) is 4.66. The number of hydrogen-bond acceptors (Lipinski definition) is 3. The van der Waals surface area contributed by atoms with Gasteiger partial charge < -0.3 is 14.7 Å². The van der Waals surface area contributed by atoms with Gasteiger partial charge in [0, 0.05) is 31.5 Å². The van der Waals surface area contributed by atoms with Gasteiger partial charge in [0.25, 0.3) is 0 Å². The Bertz CT molecular complexity index is 574. The molecule has 1 spiro atoms. The summed E-state index contributed by atoms with van der Waals surface area (Å²) in [5.41, 5.74) is 1.66. The number of nitrogens with zero attached hydrogens (tertiary/aromatic N) is 3. The van der Waals surface area contributed by atoms with Crippen LogP contribution in [-0.4, -0.2) is 74.0 Å². The number of rotatable bonds is 7. The first-order chi connectivity index (χ1) is 12.6. The molecule has 3 rings (SSSR count). The van der Waals surface area contributed by atoms with Crippen molar-refractivity contribution in [2.45, 2.75) is 38.5 Å². The number of likely N-dealkylation sites (tertiary alicyclic amines) is 2. The van der Waals surface area contributed by atoms with Gasteiger partial charge in [-0.1, -0.05) is 30.3 Å². The fourth-order valence-corrected chi connectivity index (χ4v) is 4.66. The molecule has 0 N–H and O–H groups in total. The third kappa shape index (κ3) is 5.31. The zero-order chi connectivity index (χ0) is 18.4. The van der Waals surface area contributed by atoms with Crippen molar-refractivity contribution in [2.75, 3.05) is 53.4 Å². The minimum atomic E-state index is 0.334. The van der Waals surface area contributed by atoms with Crippen LogP contribution in [0.25, 0.3) is 0 Å². The molecular weight excluding hydrogens is 322 g/mol. The van der Waals surface area contributed by atoms with Crippen LogP contribution in [0.1, 0.15) is 37.7 Å². The molecule has 0 saturated carbocycles. The predicted octanol–water partition coefficient (Wildman–Crippen LogP) is 2.89. The molecule has 1 amide bonds. The Morgan fingerprint density at radius 1 is 1.08 bits per heavy atom. The van der Waals surface area contributed by atoms with Crippen LogP contribution in [0.15, 0.2) is 30.3 Å². The zero-order valence-corrected chi connectivity index (χ0v) is 16.6. The fraction of sp³-hybridized carbons (Fsp3) is 0.682. The smallest absolute Gasteiger partial charge is 0.222 e. The van der Waals surface area contributed by atoms with Gasteiger partial charge in [-0.05, 0) is 71.4 Å². The first-order valence-electron chi connectivity index (χ1n) is 10.3. The van der Waals surface area contributed by atoms with Gasteiger partial charge >= 0.3 is 0 Å². The van der Waals surface area contributed by atoms with Crippen LogP contribution in [0.2, 0.25) is 0 Å². The topological polar surface area (TPSA) is 26.8 Å². The maximum Gasteiger partial charge on any atom is 0.222 e. The van der Waals surface area contributed by atoms with E-state index in [1.165, 1.54) is 44.5 Å². The second kappa shape index (κ2) is 9.01. The summed E-state index contributed by atoms with van der Waals surface area (Å²) in [7, 11) is 4.30. The first-order valence-corrected chi connectivity index (χ1v) is 10.3. The van der Waals surface area contributed by atoms with Crippen molar-refractivity contribution < 1.29 is 4.79 Å². The van der Waals surface area contributed by atoms with E-state index >= 15 is 0 Å². The molecule has 2 aliphatic rings. The Morgan fingerprint density at radius 2 is 1.88 bits per heavy atom. The van der Waals surface area contributed by atoms with Crippen LogP contribution in [0.5, 0.6) is 0 Å². The number of hydrogen-bond donors (Lipinski definition) is 0. The van der Waals surface area contributed by atoms with E-state index in [-0.39, 0.29) is 0 Å². The van der Waals surface area contributed by atoms with Gasteiger partial charge in [0.1, 0.15) is 0 Å². The maximum absolute atomic E-state index is 12.5. The van der Waals surface area contributed by atoms with Crippen LogP contribution >= 0.6 is 0 Å². The van der Waals surface area contributed by atoms with Crippen molar-refractivity contribution in [1.82, 2.24) is 14.7 Å². The normalized spacial score (nSPS) is 24.6. The van der Waals surface area contributed by atoms with E-state index in [9.17, 15) is 4.79 Å². The Labute approximate surface area is 159 Å². The molecule has 144 valence electrons. The third-order valence-electron chi connectivity index (χ3n) is 6.08. The number of carbonyl (C=O) groups is 1. The summed E-state index contributed by atoms with van der Waals surface area (Å²) < 4.78 is 0. The average molecular weight is 358 g/mol. The number of carbonyl (C=O) groups excluding carboxylic acids is 1. The third-order valence-corrected chi connectivity index (χ3v) is 6.08. The Kier molecular flexibility index (Phi) is 6.71. The van der Waals surface area contributed by atoms with Gasteiger partial charge in [-0.25, -0.2) is 0 Å². The van der Waals surface area contributed by atoms with Gasteiger partial charge in [0.15, 0.2) is 0 Å². The first kappa shape index (κ1) is 19.4. The average Bonchev–Trinajstić information content (AvgIpc) is 2.64. The molecule has 1 aromatic carbocycles. The van der Waals surface area contributed by atoms with Gasteiger partial charge in [-0.15, -0.1) is 0 Å². The van der Waals surface area contributed by atoms with Crippen LogP contribution in [0, 0.1) is 5.41 Å². The Balaban J connectivity index is 1.54. The zero-order valence-electron chi connectivity index (χ0n) is 16.6. The molecule has 1 unspecified atom stereocenters. The lowest BCUT2D eigenvalue weighted by Gasteiger charge is -2.48. The maximum atomic E-state index is 12.5. The molecule has 0 bridgehead atoms. The van der Waals surface area contributed by atoms with E-state index in [0.29, 0.717) is 11.3 Å². The lowest BCUT2D eigenvalue weighted by molar-refractivity contribution is -0.139. The molecule has 2 aliphatic heterocycles. The molecule has 2 fully saturated rings. The molecule has 26 heavy (non-hydrogen) atoms.